The van der Waals surface area contributed by atoms with Gasteiger partial charge in [0.15, 0.2) is 11.5 Å². The number of nitrogens with zero attached hydrogens (tertiary/aromatic N) is 3. The van der Waals surface area contributed by atoms with E-state index in [9.17, 15) is 4.79 Å². The van der Waals surface area contributed by atoms with Crippen LogP contribution in [0.25, 0.3) is 0 Å². The molecule has 0 N–H and O–H groups in total. The van der Waals surface area contributed by atoms with Gasteiger partial charge in [-0.1, -0.05) is 45.7 Å². The quantitative estimate of drug-likeness (QED) is 0.296. The van der Waals surface area contributed by atoms with E-state index in [0.29, 0.717) is 12.5 Å². The van der Waals surface area contributed by atoms with Crippen LogP contribution >= 0.6 is 12.4 Å². The summed E-state index contributed by atoms with van der Waals surface area (Å²) in [4.78, 5) is 23.0. The number of carbonyl (C=O) groups excluding carboxylic acids is 1. The Labute approximate surface area is 241 Å². The molecule has 2 heterocycles. The number of hydrogen-bond acceptors (Lipinski definition) is 5. The van der Waals surface area contributed by atoms with Crippen molar-refractivity contribution in [3.05, 3.63) is 58.7 Å². The molecule has 39 heavy (non-hydrogen) atoms. The van der Waals surface area contributed by atoms with Gasteiger partial charge in [0.2, 0.25) is 0 Å². The number of likely N-dealkylation sites (tertiary alicyclic amines) is 1. The van der Waals surface area contributed by atoms with Crippen LogP contribution in [0, 0.1) is 0 Å². The van der Waals surface area contributed by atoms with Gasteiger partial charge in [0, 0.05) is 42.2 Å². The Morgan fingerprint density at radius 3 is 2.33 bits per heavy atom. The third kappa shape index (κ3) is 7.15. The topological polar surface area (TPSA) is 54.4 Å². The van der Waals surface area contributed by atoms with E-state index in [4.69, 9.17) is 14.5 Å². The van der Waals surface area contributed by atoms with Crippen LogP contribution in [0.2, 0.25) is 0 Å². The van der Waals surface area contributed by atoms with Gasteiger partial charge in [0.05, 0.1) is 25.5 Å². The number of piperidine rings is 1. The molecule has 2 aromatic carbocycles. The first-order chi connectivity index (χ1) is 18.5. The molecule has 2 aromatic rings. The van der Waals surface area contributed by atoms with Gasteiger partial charge in [0.25, 0.3) is 5.91 Å². The molecular formula is C32H46ClN3O3. The number of carbonyl (C=O) groups is 1. The Balaban J connectivity index is 0.00000420. The van der Waals surface area contributed by atoms with Crippen molar-refractivity contribution in [2.75, 3.05) is 46.9 Å². The smallest absolute Gasteiger partial charge is 0.253 e. The Bertz CT molecular complexity index is 1110. The maximum atomic E-state index is 13.3. The van der Waals surface area contributed by atoms with Crippen LogP contribution in [0.1, 0.15) is 92.3 Å². The molecule has 0 bridgehead atoms. The third-order valence-electron chi connectivity index (χ3n) is 7.78. The highest BCUT2D eigenvalue weighted by Gasteiger charge is 2.36. The van der Waals surface area contributed by atoms with Crippen LogP contribution in [0.3, 0.4) is 0 Å². The fraction of sp³-hybridized carbons (Fsp3) is 0.562. The molecule has 1 saturated heterocycles. The predicted molar refractivity (Wildman–Crippen MR) is 162 cm³/mol. The van der Waals surface area contributed by atoms with E-state index < -0.39 is 0 Å². The predicted octanol–water partition coefficient (Wildman–Crippen LogP) is 6.59. The lowest BCUT2D eigenvalue weighted by atomic mass is 9.79. The van der Waals surface area contributed by atoms with Gasteiger partial charge in [-0.15, -0.1) is 12.4 Å². The van der Waals surface area contributed by atoms with Crippen molar-refractivity contribution in [2.24, 2.45) is 4.99 Å². The second kappa shape index (κ2) is 14.7. The van der Waals surface area contributed by atoms with E-state index >= 15 is 0 Å². The Kier molecular flexibility index (Phi) is 11.7. The number of unbranched alkanes of at least 4 members (excludes halogenated alkanes) is 2. The summed E-state index contributed by atoms with van der Waals surface area (Å²) in [5, 5.41) is 0. The highest BCUT2D eigenvalue weighted by Crippen LogP contribution is 2.42. The van der Waals surface area contributed by atoms with Crippen molar-refractivity contribution < 1.29 is 14.3 Å². The molecule has 2 aliphatic heterocycles. The molecule has 0 aliphatic carbocycles. The zero-order valence-electron chi connectivity index (χ0n) is 24.4. The minimum Gasteiger partial charge on any atom is -0.493 e. The Morgan fingerprint density at radius 1 is 1.03 bits per heavy atom. The largest absolute Gasteiger partial charge is 0.493 e. The fourth-order valence-corrected chi connectivity index (χ4v) is 5.57. The molecular weight excluding hydrogens is 510 g/mol. The molecule has 1 amide bonds. The number of aliphatic imine (C=N–C) groups is 1. The summed E-state index contributed by atoms with van der Waals surface area (Å²) in [5.41, 5.74) is 5.16. The highest BCUT2D eigenvalue weighted by molar-refractivity contribution is 6.15. The molecule has 0 aromatic heterocycles. The van der Waals surface area contributed by atoms with Gasteiger partial charge >= 0.3 is 0 Å². The number of amides is 1. The number of methoxy groups -OCH3 is 1. The molecule has 2 atom stereocenters. The van der Waals surface area contributed by atoms with Crippen LogP contribution in [-0.4, -0.2) is 74.4 Å². The van der Waals surface area contributed by atoms with Gasteiger partial charge in [-0.05, 0) is 69.1 Å². The second-order valence-electron chi connectivity index (χ2n) is 10.7. The summed E-state index contributed by atoms with van der Waals surface area (Å²) in [6.45, 7) is 10.8. The van der Waals surface area contributed by atoms with E-state index in [1.54, 1.807) is 7.11 Å². The molecule has 0 spiro atoms. The number of benzene rings is 2. The number of ether oxygens (including phenoxy) is 2. The standard InChI is InChI=1S/C32H45N3O3.ClH/c1-6-9-16-35(17-10-7-2)32(36)24-13-11-23(12-14-24)31-26-21-29(37-5)30(38-19-8-3)20-25(26)27-22-34(4)18-15-28(27)33-31;/h11-14,20-21,27-28H,6-10,15-19,22H2,1-5H3;1H/t27-,28-;/m1./s1. The molecule has 4 rings (SSSR count). The van der Waals surface area contributed by atoms with Crippen LogP contribution < -0.4 is 9.47 Å². The molecule has 1 fully saturated rings. The maximum Gasteiger partial charge on any atom is 0.253 e. The van der Waals surface area contributed by atoms with Gasteiger partial charge in [-0.2, -0.15) is 0 Å². The Morgan fingerprint density at radius 2 is 1.72 bits per heavy atom. The van der Waals surface area contributed by atoms with E-state index in [1.807, 2.05) is 17.0 Å². The highest BCUT2D eigenvalue weighted by atomic mass is 35.5. The summed E-state index contributed by atoms with van der Waals surface area (Å²) in [6, 6.07) is 12.6. The number of hydrogen-bond donors (Lipinski definition) is 0. The average molecular weight is 556 g/mol. The normalized spacial score (nSPS) is 18.3. The average Bonchev–Trinajstić information content (AvgIpc) is 2.95. The first kappa shape index (κ1) is 31.0. The van der Waals surface area contributed by atoms with E-state index in [1.165, 1.54) is 5.56 Å². The number of fused-ring (bicyclic) bond motifs is 3. The third-order valence-corrected chi connectivity index (χ3v) is 7.78. The lowest BCUT2D eigenvalue weighted by Crippen LogP contribution is -2.41. The van der Waals surface area contributed by atoms with Gasteiger partial charge in [-0.25, -0.2) is 0 Å². The molecule has 214 valence electrons. The first-order valence-corrected chi connectivity index (χ1v) is 14.5. The zero-order valence-corrected chi connectivity index (χ0v) is 25.2. The van der Waals surface area contributed by atoms with Gasteiger partial charge in [-0.3, -0.25) is 9.79 Å². The Hall–Kier alpha value is -2.57. The molecule has 7 heteroatoms. The summed E-state index contributed by atoms with van der Waals surface area (Å²) in [5.74, 6) is 2.00. The molecule has 0 saturated carbocycles. The van der Waals surface area contributed by atoms with Crippen molar-refractivity contribution in [3.63, 3.8) is 0 Å². The lowest BCUT2D eigenvalue weighted by Gasteiger charge is -2.39. The number of halogens is 1. The van der Waals surface area contributed by atoms with E-state index in [-0.39, 0.29) is 24.4 Å². The van der Waals surface area contributed by atoms with Crippen LogP contribution in [0.4, 0.5) is 0 Å². The molecule has 2 aliphatic rings. The van der Waals surface area contributed by atoms with Crippen LogP contribution in [-0.2, 0) is 0 Å². The van der Waals surface area contributed by atoms with Crippen molar-refractivity contribution in [1.29, 1.82) is 0 Å². The van der Waals surface area contributed by atoms with Crippen molar-refractivity contribution in [1.82, 2.24) is 9.80 Å². The van der Waals surface area contributed by atoms with Gasteiger partial charge < -0.3 is 19.3 Å². The van der Waals surface area contributed by atoms with E-state index in [2.05, 4.69) is 57.0 Å². The fourth-order valence-electron chi connectivity index (χ4n) is 5.57. The minimum absolute atomic E-state index is 0. The van der Waals surface area contributed by atoms with Crippen LogP contribution in [0.5, 0.6) is 11.5 Å². The molecule has 0 unspecified atom stereocenters. The summed E-state index contributed by atoms with van der Waals surface area (Å²) < 4.78 is 11.8. The van der Waals surface area contributed by atoms with Crippen molar-refractivity contribution in [3.8, 4) is 11.5 Å². The summed E-state index contributed by atoms with van der Waals surface area (Å²) >= 11 is 0. The van der Waals surface area contributed by atoms with Crippen molar-refractivity contribution >= 4 is 24.0 Å². The monoisotopic (exact) mass is 555 g/mol. The van der Waals surface area contributed by atoms with Crippen molar-refractivity contribution in [2.45, 2.75) is 71.3 Å². The van der Waals surface area contributed by atoms with Crippen LogP contribution in [0.15, 0.2) is 41.4 Å². The second-order valence-corrected chi connectivity index (χ2v) is 10.7. The zero-order chi connectivity index (χ0) is 27.1. The minimum atomic E-state index is 0. The number of rotatable bonds is 12. The summed E-state index contributed by atoms with van der Waals surface area (Å²) in [6.07, 6.45) is 6.21. The summed E-state index contributed by atoms with van der Waals surface area (Å²) in [7, 11) is 3.88. The SMILES string of the molecule is CCCCN(CCCC)C(=O)c1ccc(C2=N[C@@H]3CCN(C)C[C@@H]3c3cc(OCCC)c(OC)cc32)cc1.Cl. The van der Waals surface area contributed by atoms with E-state index in [0.717, 1.165) is 98.6 Å². The molecule has 6 nitrogen and oxygen atoms in total. The van der Waals surface area contributed by atoms with Gasteiger partial charge in [0.1, 0.15) is 0 Å². The molecule has 0 radical (unpaired) electrons. The first-order valence-electron chi connectivity index (χ1n) is 14.5. The maximum absolute atomic E-state index is 13.3. The number of likely N-dealkylation sites (N-methyl/N-ethyl adjacent to an activating group) is 1. The lowest BCUT2D eigenvalue weighted by molar-refractivity contribution is 0.0751.